The summed E-state index contributed by atoms with van der Waals surface area (Å²) in [5.41, 5.74) is 7.56. The topological polar surface area (TPSA) is 38.9 Å². The minimum absolute atomic E-state index is 0.171. The Balaban J connectivity index is 2.84. The highest BCUT2D eigenvalue weighted by atomic mass is 14.7. The van der Waals surface area contributed by atoms with Crippen molar-refractivity contribution < 1.29 is 0 Å². The fourth-order valence-electron chi connectivity index (χ4n) is 2.83. The number of nitrogens with two attached hydrogens (primary N) is 1. The fraction of sp³-hybridized carbons (Fsp3) is 0.667. The van der Waals surface area contributed by atoms with Crippen molar-refractivity contribution in [1.29, 1.82) is 0 Å². The Morgan fingerprint density at radius 2 is 1.59 bits per heavy atom. The molecule has 0 bridgehead atoms. The van der Waals surface area contributed by atoms with E-state index in [1.54, 1.807) is 0 Å². The van der Waals surface area contributed by atoms with Crippen molar-refractivity contribution in [1.82, 2.24) is 4.98 Å². The summed E-state index contributed by atoms with van der Waals surface area (Å²) >= 11 is 0. The molecule has 2 nitrogen and oxygen atoms in total. The maximum atomic E-state index is 6.46. The first-order valence-electron chi connectivity index (χ1n) is 6.61. The molecule has 1 rings (SSSR count). The summed E-state index contributed by atoms with van der Waals surface area (Å²) < 4.78 is 0. The molecule has 0 saturated carbocycles. The van der Waals surface area contributed by atoms with Crippen molar-refractivity contribution in [3.8, 4) is 0 Å². The molecule has 2 atom stereocenters. The van der Waals surface area contributed by atoms with E-state index in [-0.39, 0.29) is 6.04 Å². The number of hydrogen-bond donors (Lipinski definition) is 1. The number of hydrogen-bond acceptors (Lipinski definition) is 2. The summed E-state index contributed by atoms with van der Waals surface area (Å²) in [5, 5.41) is 0. The third kappa shape index (κ3) is 3.53. The van der Waals surface area contributed by atoms with E-state index in [2.05, 4.69) is 45.7 Å². The van der Waals surface area contributed by atoms with Gasteiger partial charge in [-0.05, 0) is 29.9 Å². The van der Waals surface area contributed by atoms with Crippen LogP contribution in [0.15, 0.2) is 24.4 Å². The van der Waals surface area contributed by atoms with Crippen molar-refractivity contribution in [3.05, 3.63) is 30.1 Å². The van der Waals surface area contributed by atoms with Crippen LogP contribution >= 0.6 is 0 Å². The molecule has 0 aliphatic rings. The molecule has 2 N–H and O–H groups in total. The van der Waals surface area contributed by atoms with Crippen LogP contribution in [0.1, 0.15) is 46.2 Å². The third-order valence-corrected chi connectivity index (χ3v) is 3.72. The van der Waals surface area contributed by atoms with E-state index in [4.69, 9.17) is 5.73 Å². The van der Waals surface area contributed by atoms with Gasteiger partial charge in [0.25, 0.3) is 0 Å². The van der Waals surface area contributed by atoms with Crippen LogP contribution < -0.4 is 5.73 Å². The van der Waals surface area contributed by atoms with E-state index in [0.29, 0.717) is 23.7 Å². The number of pyridine rings is 1. The highest BCUT2D eigenvalue weighted by molar-refractivity contribution is 5.11. The lowest BCUT2D eigenvalue weighted by Gasteiger charge is -2.34. The molecule has 2 heteroatoms. The summed E-state index contributed by atoms with van der Waals surface area (Å²) in [6.45, 7) is 11.2. The first-order chi connectivity index (χ1) is 7.95. The van der Waals surface area contributed by atoms with Crippen LogP contribution in [-0.4, -0.2) is 11.0 Å². The Kier molecular flexibility index (Phi) is 5.13. The molecule has 2 unspecified atom stereocenters. The molecular formula is C15H26N2. The minimum atomic E-state index is 0.171. The first-order valence-corrected chi connectivity index (χ1v) is 6.61. The van der Waals surface area contributed by atoms with Crippen LogP contribution in [0.2, 0.25) is 0 Å². The Labute approximate surface area is 106 Å². The van der Waals surface area contributed by atoms with Crippen LogP contribution in [0.3, 0.4) is 0 Å². The summed E-state index contributed by atoms with van der Waals surface area (Å²) in [7, 11) is 0. The molecule has 1 aromatic heterocycles. The summed E-state index contributed by atoms with van der Waals surface area (Å²) in [6.07, 6.45) is 1.85. The maximum Gasteiger partial charge on any atom is 0.0447 e. The second kappa shape index (κ2) is 6.15. The summed E-state index contributed by atoms with van der Waals surface area (Å²) in [4.78, 5) is 4.42. The third-order valence-electron chi connectivity index (χ3n) is 3.72. The molecule has 1 aromatic rings. The molecule has 0 radical (unpaired) electrons. The van der Waals surface area contributed by atoms with E-state index in [1.165, 1.54) is 0 Å². The quantitative estimate of drug-likeness (QED) is 0.847. The zero-order valence-electron chi connectivity index (χ0n) is 11.7. The van der Waals surface area contributed by atoms with Crippen molar-refractivity contribution in [2.45, 2.75) is 46.6 Å². The maximum absolute atomic E-state index is 6.46. The Bertz CT molecular complexity index is 311. The lowest BCUT2D eigenvalue weighted by molar-refractivity contribution is 0.219. The smallest absolute Gasteiger partial charge is 0.0447 e. The number of rotatable bonds is 5. The van der Waals surface area contributed by atoms with E-state index in [9.17, 15) is 0 Å². The summed E-state index contributed by atoms with van der Waals surface area (Å²) in [5.74, 6) is 2.06. The molecule has 0 aliphatic heterocycles. The van der Waals surface area contributed by atoms with Gasteiger partial charge in [-0.25, -0.2) is 0 Å². The van der Waals surface area contributed by atoms with Crippen molar-refractivity contribution in [2.75, 3.05) is 0 Å². The molecule has 17 heavy (non-hydrogen) atoms. The highest BCUT2D eigenvalue weighted by Gasteiger charge is 2.29. The van der Waals surface area contributed by atoms with Gasteiger partial charge in [-0.3, -0.25) is 4.98 Å². The second-order valence-electron chi connectivity index (χ2n) is 5.69. The first kappa shape index (κ1) is 14.2. The number of nitrogens with zero attached hydrogens (tertiary/aromatic N) is 1. The van der Waals surface area contributed by atoms with E-state index >= 15 is 0 Å². The molecule has 0 spiro atoms. The zero-order valence-corrected chi connectivity index (χ0v) is 11.7. The second-order valence-corrected chi connectivity index (χ2v) is 5.69. The summed E-state index contributed by atoms with van der Waals surface area (Å²) in [6, 6.07) is 6.22. The standard InChI is InChI=1S/C15H26N2/c1-10(2)14(11(3)4)15(16)12(5)13-8-6-7-9-17-13/h6-12,14-15H,16H2,1-5H3. The van der Waals surface area contributed by atoms with Crippen LogP contribution in [0.5, 0.6) is 0 Å². The molecule has 0 amide bonds. The Morgan fingerprint density at radius 1 is 1.00 bits per heavy atom. The molecular weight excluding hydrogens is 208 g/mol. The van der Waals surface area contributed by atoms with Gasteiger partial charge in [0.15, 0.2) is 0 Å². The van der Waals surface area contributed by atoms with Gasteiger partial charge in [0, 0.05) is 23.9 Å². The van der Waals surface area contributed by atoms with Crippen LogP contribution in [0, 0.1) is 17.8 Å². The highest BCUT2D eigenvalue weighted by Crippen LogP contribution is 2.30. The van der Waals surface area contributed by atoms with Gasteiger partial charge in [-0.15, -0.1) is 0 Å². The van der Waals surface area contributed by atoms with Crippen LogP contribution in [0.25, 0.3) is 0 Å². The lowest BCUT2D eigenvalue weighted by atomic mass is 9.75. The van der Waals surface area contributed by atoms with Gasteiger partial charge in [0.1, 0.15) is 0 Å². The van der Waals surface area contributed by atoms with Gasteiger partial charge in [-0.1, -0.05) is 40.7 Å². The average molecular weight is 234 g/mol. The van der Waals surface area contributed by atoms with Crippen molar-refractivity contribution >= 4 is 0 Å². The predicted molar refractivity (Wildman–Crippen MR) is 73.8 cm³/mol. The van der Waals surface area contributed by atoms with Gasteiger partial charge < -0.3 is 5.73 Å². The molecule has 0 aromatic carbocycles. The average Bonchev–Trinajstić information content (AvgIpc) is 2.28. The van der Waals surface area contributed by atoms with E-state index in [1.807, 2.05) is 18.3 Å². The normalized spacial score (nSPS) is 15.6. The molecule has 0 aliphatic carbocycles. The molecule has 1 heterocycles. The van der Waals surface area contributed by atoms with Crippen LogP contribution in [0.4, 0.5) is 0 Å². The largest absolute Gasteiger partial charge is 0.327 e. The minimum Gasteiger partial charge on any atom is -0.327 e. The molecule has 96 valence electrons. The predicted octanol–water partition coefficient (Wildman–Crippen LogP) is 3.44. The Morgan fingerprint density at radius 3 is 2.00 bits per heavy atom. The SMILES string of the molecule is CC(C)C(C(C)C)C(N)C(C)c1ccccn1. The molecule has 0 fully saturated rings. The number of aromatic nitrogens is 1. The van der Waals surface area contributed by atoms with Gasteiger partial charge in [0.05, 0.1) is 0 Å². The lowest BCUT2D eigenvalue weighted by Crippen LogP contribution is -2.40. The fourth-order valence-corrected chi connectivity index (χ4v) is 2.83. The Hall–Kier alpha value is -0.890. The monoisotopic (exact) mass is 234 g/mol. The van der Waals surface area contributed by atoms with E-state index in [0.717, 1.165) is 5.69 Å². The van der Waals surface area contributed by atoms with Crippen molar-refractivity contribution in [2.24, 2.45) is 23.5 Å². The van der Waals surface area contributed by atoms with Crippen molar-refractivity contribution in [3.63, 3.8) is 0 Å². The van der Waals surface area contributed by atoms with Gasteiger partial charge >= 0.3 is 0 Å². The van der Waals surface area contributed by atoms with Crippen LogP contribution in [-0.2, 0) is 0 Å². The zero-order chi connectivity index (χ0) is 13.0. The van der Waals surface area contributed by atoms with E-state index < -0.39 is 0 Å². The van der Waals surface area contributed by atoms with Gasteiger partial charge in [0.2, 0.25) is 0 Å². The molecule has 0 saturated heterocycles. The van der Waals surface area contributed by atoms with Gasteiger partial charge in [-0.2, -0.15) is 0 Å².